The van der Waals surface area contributed by atoms with E-state index in [4.69, 9.17) is 0 Å². The summed E-state index contributed by atoms with van der Waals surface area (Å²) in [4.78, 5) is 4.27. The van der Waals surface area contributed by atoms with Crippen LogP contribution in [-0.4, -0.2) is 9.55 Å². The van der Waals surface area contributed by atoms with E-state index in [0.29, 0.717) is 12.1 Å². The molecule has 1 aliphatic carbocycles. The first kappa shape index (κ1) is 13.4. The third-order valence-corrected chi connectivity index (χ3v) is 4.20. The highest BCUT2D eigenvalue weighted by molar-refractivity contribution is 5.32. The van der Waals surface area contributed by atoms with Crippen LogP contribution in [0.3, 0.4) is 0 Å². The van der Waals surface area contributed by atoms with Crippen molar-refractivity contribution in [2.45, 2.75) is 51.7 Å². The summed E-state index contributed by atoms with van der Waals surface area (Å²) in [6, 6.07) is 9.78. The molecule has 20 heavy (non-hydrogen) atoms. The molecule has 0 saturated heterocycles. The number of hydrogen-bond donors (Lipinski definition) is 1. The maximum absolute atomic E-state index is 4.27. The average molecular weight is 269 g/mol. The molecular weight excluding hydrogens is 246 g/mol. The molecule has 3 rings (SSSR count). The van der Waals surface area contributed by atoms with Gasteiger partial charge in [0.1, 0.15) is 0 Å². The number of nitrogens with zero attached hydrogens (tertiary/aromatic N) is 2. The Labute approximate surface area is 121 Å². The van der Waals surface area contributed by atoms with Crippen LogP contribution < -0.4 is 5.32 Å². The number of aryl methyl sites for hydroxylation is 1. The maximum Gasteiger partial charge on any atom is 0.0951 e. The minimum atomic E-state index is 0.466. The normalized spacial score (nSPS) is 18.2. The van der Waals surface area contributed by atoms with Gasteiger partial charge in [-0.2, -0.15) is 0 Å². The molecule has 0 spiro atoms. The van der Waals surface area contributed by atoms with Gasteiger partial charge in [-0.1, -0.05) is 24.3 Å². The van der Waals surface area contributed by atoms with E-state index >= 15 is 0 Å². The Balaban J connectivity index is 1.72. The Bertz CT molecular complexity index is 571. The third kappa shape index (κ3) is 2.63. The Morgan fingerprint density at radius 1 is 1.35 bits per heavy atom. The molecule has 1 atom stereocenters. The van der Waals surface area contributed by atoms with E-state index in [2.05, 4.69) is 53.0 Å². The monoisotopic (exact) mass is 269 g/mol. The van der Waals surface area contributed by atoms with Gasteiger partial charge in [0, 0.05) is 24.8 Å². The predicted molar refractivity (Wildman–Crippen MR) is 81.6 cm³/mol. The highest BCUT2D eigenvalue weighted by Crippen LogP contribution is 2.29. The first-order valence-electron chi connectivity index (χ1n) is 7.57. The molecule has 1 aromatic heterocycles. The fourth-order valence-electron chi connectivity index (χ4n) is 3.13. The summed E-state index contributed by atoms with van der Waals surface area (Å²) in [6.07, 6.45) is 7.63. The number of fused-ring (bicyclic) bond motifs is 1. The van der Waals surface area contributed by atoms with E-state index in [1.54, 1.807) is 0 Å². The Morgan fingerprint density at radius 2 is 2.20 bits per heavy atom. The molecule has 0 radical (unpaired) electrons. The van der Waals surface area contributed by atoms with Crippen molar-refractivity contribution in [2.24, 2.45) is 0 Å². The van der Waals surface area contributed by atoms with Crippen molar-refractivity contribution in [1.29, 1.82) is 0 Å². The van der Waals surface area contributed by atoms with Crippen LogP contribution in [0.1, 0.15) is 55.6 Å². The fourth-order valence-corrected chi connectivity index (χ4v) is 3.13. The number of nitrogens with one attached hydrogen (secondary N) is 1. The number of benzene rings is 1. The van der Waals surface area contributed by atoms with Crippen molar-refractivity contribution in [3.05, 3.63) is 53.6 Å². The SMILES string of the molecule is CC(C)n1cncc1CNC1CCCc2ccccc21. The van der Waals surface area contributed by atoms with Gasteiger partial charge in [0.15, 0.2) is 0 Å². The van der Waals surface area contributed by atoms with Crippen molar-refractivity contribution in [3.63, 3.8) is 0 Å². The van der Waals surface area contributed by atoms with Gasteiger partial charge in [-0.25, -0.2) is 4.98 Å². The second kappa shape index (κ2) is 5.80. The van der Waals surface area contributed by atoms with Crippen LogP contribution in [0.25, 0.3) is 0 Å². The average Bonchev–Trinajstić information content (AvgIpc) is 2.93. The summed E-state index contributed by atoms with van der Waals surface area (Å²) in [5.74, 6) is 0. The van der Waals surface area contributed by atoms with Gasteiger partial charge >= 0.3 is 0 Å². The quantitative estimate of drug-likeness (QED) is 0.918. The van der Waals surface area contributed by atoms with Crippen molar-refractivity contribution in [2.75, 3.05) is 0 Å². The van der Waals surface area contributed by atoms with Crippen molar-refractivity contribution < 1.29 is 0 Å². The minimum absolute atomic E-state index is 0.466. The van der Waals surface area contributed by atoms with E-state index in [0.717, 1.165) is 6.54 Å². The standard InChI is InChI=1S/C17H23N3/c1-13(2)20-12-18-10-15(20)11-19-17-9-5-7-14-6-3-4-8-16(14)17/h3-4,6,8,10,12-13,17,19H,5,7,9,11H2,1-2H3. The molecule has 0 bridgehead atoms. The zero-order valence-corrected chi connectivity index (χ0v) is 12.3. The van der Waals surface area contributed by atoms with Gasteiger partial charge in [0.2, 0.25) is 0 Å². The van der Waals surface area contributed by atoms with Crippen LogP contribution in [0.2, 0.25) is 0 Å². The van der Waals surface area contributed by atoms with Crippen molar-refractivity contribution in [3.8, 4) is 0 Å². The van der Waals surface area contributed by atoms with Crippen LogP contribution in [0.5, 0.6) is 0 Å². The summed E-state index contributed by atoms with van der Waals surface area (Å²) in [5, 5.41) is 3.71. The Morgan fingerprint density at radius 3 is 3.05 bits per heavy atom. The number of hydrogen-bond acceptors (Lipinski definition) is 2. The molecule has 0 amide bonds. The van der Waals surface area contributed by atoms with E-state index in [1.807, 2.05) is 12.5 Å². The lowest BCUT2D eigenvalue weighted by atomic mass is 9.88. The van der Waals surface area contributed by atoms with Gasteiger partial charge in [0.25, 0.3) is 0 Å². The van der Waals surface area contributed by atoms with E-state index in [1.165, 1.54) is 36.1 Å². The molecule has 3 nitrogen and oxygen atoms in total. The molecule has 2 aromatic rings. The molecule has 1 N–H and O–H groups in total. The topological polar surface area (TPSA) is 29.9 Å². The second-order valence-corrected chi connectivity index (χ2v) is 5.91. The van der Waals surface area contributed by atoms with Gasteiger partial charge in [-0.15, -0.1) is 0 Å². The molecule has 106 valence electrons. The lowest BCUT2D eigenvalue weighted by molar-refractivity contribution is 0.445. The molecule has 1 unspecified atom stereocenters. The summed E-state index contributed by atoms with van der Waals surface area (Å²) < 4.78 is 2.24. The molecule has 1 heterocycles. The Kier molecular flexibility index (Phi) is 3.88. The first-order chi connectivity index (χ1) is 9.75. The molecule has 1 aliphatic rings. The Hall–Kier alpha value is -1.61. The predicted octanol–water partition coefficient (Wildman–Crippen LogP) is 3.63. The smallest absolute Gasteiger partial charge is 0.0951 e. The van der Waals surface area contributed by atoms with E-state index in [-0.39, 0.29) is 0 Å². The van der Waals surface area contributed by atoms with Crippen molar-refractivity contribution in [1.82, 2.24) is 14.9 Å². The highest BCUT2D eigenvalue weighted by atomic mass is 15.1. The second-order valence-electron chi connectivity index (χ2n) is 5.91. The summed E-state index contributed by atoms with van der Waals surface area (Å²) in [5.41, 5.74) is 4.26. The fraction of sp³-hybridized carbons (Fsp3) is 0.471. The maximum atomic E-state index is 4.27. The van der Waals surface area contributed by atoms with Crippen LogP contribution in [-0.2, 0) is 13.0 Å². The molecule has 0 fully saturated rings. The van der Waals surface area contributed by atoms with Gasteiger partial charge < -0.3 is 9.88 Å². The minimum Gasteiger partial charge on any atom is -0.331 e. The third-order valence-electron chi connectivity index (χ3n) is 4.20. The first-order valence-corrected chi connectivity index (χ1v) is 7.57. The van der Waals surface area contributed by atoms with Gasteiger partial charge in [0.05, 0.1) is 12.0 Å². The van der Waals surface area contributed by atoms with E-state index < -0.39 is 0 Å². The molecular formula is C17H23N3. The molecule has 3 heteroatoms. The summed E-state index contributed by atoms with van der Waals surface area (Å²) in [6.45, 7) is 5.28. The van der Waals surface area contributed by atoms with Crippen LogP contribution in [0, 0.1) is 0 Å². The highest BCUT2D eigenvalue weighted by Gasteiger charge is 2.19. The van der Waals surface area contributed by atoms with E-state index in [9.17, 15) is 0 Å². The van der Waals surface area contributed by atoms with Crippen LogP contribution in [0.4, 0.5) is 0 Å². The summed E-state index contributed by atoms with van der Waals surface area (Å²) in [7, 11) is 0. The molecule has 0 aliphatic heterocycles. The molecule has 0 saturated carbocycles. The van der Waals surface area contributed by atoms with Gasteiger partial charge in [-0.3, -0.25) is 0 Å². The van der Waals surface area contributed by atoms with Crippen LogP contribution >= 0.6 is 0 Å². The largest absolute Gasteiger partial charge is 0.331 e. The van der Waals surface area contributed by atoms with Crippen LogP contribution in [0.15, 0.2) is 36.8 Å². The number of rotatable bonds is 4. The lowest BCUT2D eigenvalue weighted by Gasteiger charge is -2.26. The number of aromatic nitrogens is 2. The number of imidazole rings is 1. The zero-order chi connectivity index (χ0) is 13.9. The van der Waals surface area contributed by atoms with Crippen molar-refractivity contribution >= 4 is 0 Å². The summed E-state index contributed by atoms with van der Waals surface area (Å²) >= 11 is 0. The lowest BCUT2D eigenvalue weighted by Crippen LogP contribution is -2.26. The van der Waals surface area contributed by atoms with Gasteiger partial charge in [-0.05, 0) is 44.2 Å². The zero-order valence-electron chi connectivity index (χ0n) is 12.3. The molecule has 1 aromatic carbocycles.